The van der Waals surface area contributed by atoms with Crippen molar-refractivity contribution in [2.75, 3.05) is 13.7 Å². The average molecular weight is 267 g/mol. The van der Waals surface area contributed by atoms with Crippen LogP contribution in [-0.4, -0.2) is 50.1 Å². The molecule has 2 aromatic rings. The Morgan fingerprint density at radius 1 is 1.47 bits per heavy atom. The van der Waals surface area contributed by atoms with Gasteiger partial charge in [0, 0.05) is 13.5 Å². The summed E-state index contributed by atoms with van der Waals surface area (Å²) in [6.07, 6.45) is 0.398. The van der Waals surface area contributed by atoms with Crippen molar-refractivity contribution >= 4 is 5.97 Å². The Morgan fingerprint density at radius 2 is 2.26 bits per heavy atom. The standard InChI is InChI=1S/C10H13N5O4/c1-6-7(13-19-12-6)5-15-8(3-4-18-2)9(10(16)17)11-14-15/h3-5H2,1-2H3,(H,16,17). The fourth-order valence-corrected chi connectivity index (χ4v) is 1.61. The minimum Gasteiger partial charge on any atom is -0.476 e. The second-order valence-electron chi connectivity index (χ2n) is 3.89. The minimum absolute atomic E-state index is 0.0776. The molecule has 0 spiro atoms. The Morgan fingerprint density at radius 3 is 2.84 bits per heavy atom. The molecule has 102 valence electrons. The second-order valence-corrected chi connectivity index (χ2v) is 3.89. The largest absolute Gasteiger partial charge is 0.476 e. The van der Waals surface area contributed by atoms with Crippen molar-refractivity contribution in [1.29, 1.82) is 0 Å². The lowest BCUT2D eigenvalue weighted by atomic mass is 10.2. The molecule has 0 unspecified atom stereocenters. The van der Waals surface area contributed by atoms with Gasteiger partial charge in [-0.3, -0.25) is 0 Å². The van der Waals surface area contributed by atoms with Crippen LogP contribution in [0.5, 0.6) is 0 Å². The lowest BCUT2D eigenvalue weighted by molar-refractivity contribution is 0.0688. The van der Waals surface area contributed by atoms with Gasteiger partial charge in [-0.2, -0.15) is 0 Å². The summed E-state index contributed by atoms with van der Waals surface area (Å²) in [4.78, 5) is 11.1. The number of rotatable bonds is 6. The molecule has 0 amide bonds. The predicted octanol–water partition coefficient (Wildman–Crippen LogP) is -0.0951. The second kappa shape index (κ2) is 5.57. The van der Waals surface area contributed by atoms with E-state index >= 15 is 0 Å². The van der Waals surface area contributed by atoms with Crippen LogP contribution < -0.4 is 0 Å². The molecule has 0 aliphatic heterocycles. The highest BCUT2D eigenvalue weighted by Gasteiger charge is 2.20. The monoisotopic (exact) mass is 267 g/mol. The molecular formula is C10H13N5O4. The zero-order valence-corrected chi connectivity index (χ0v) is 10.5. The maximum atomic E-state index is 11.1. The Kier molecular flexibility index (Phi) is 3.85. The van der Waals surface area contributed by atoms with Gasteiger partial charge in [-0.05, 0) is 6.92 Å². The van der Waals surface area contributed by atoms with Gasteiger partial charge in [0.1, 0.15) is 11.4 Å². The molecule has 9 nitrogen and oxygen atoms in total. The van der Waals surface area contributed by atoms with Gasteiger partial charge in [0.2, 0.25) is 0 Å². The van der Waals surface area contributed by atoms with Crippen LogP contribution in [0.1, 0.15) is 27.6 Å². The lowest BCUT2D eigenvalue weighted by Crippen LogP contribution is -2.12. The van der Waals surface area contributed by atoms with E-state index in [2.05, 4.69) is 25.3 Å². The quantitative estimate of drug-likeness (QED) is 0.771. The van der Waals surface area contributed by atoms with Crippen molar-refractivity contribution < 1.29 is 19.3 Å². The first kappa shape index (κ1) is 13.1. The van der Waals surface area contributed by atoms with Crippen LogP contribution in [0, 0.1) is 6.92 Å². The number of carbonyl (C=O) groups is 1. The van der Waals surface area contributed by atoms with Gasteiger partial charge in [-0.1, -0.05) is 15.5 Å². The molecule has 1 N–H and O–H groups in total. The molecule has 0 saturated heterocycles. The molecule has 0 bridgehead atoms. The van der Waals surface area contributed by atoms with Crippen molar-refractivity contribution in [1.82, 2.24) is 25.3 Å². The van der Waals surface area contributed by atoms with Crippen LogP contribution in [0.25, 0.3) is 0 Å². The van der Waals surface area contributed by atoms with E-state index in [-0.39, 0.29) is 12.2 Å². The first-order valence-corrected chi connectivity index (χ1v) is 5.56. The minimum atomic E-state index is -1.12. The van der Waals surface area contributed by atoms with Crippen LogP contribution in [0.3, 0.4) is 0 Å². The van der Waals surface area contributed by atoms with Gasteiger partial charge in [0.25, 0.3) is 0 Å². The average Bonchev–Trinajstić information content (AvgIpc) is 2.95. The molecule has 2 heterocycles. The number of carboxylic acid groups (broad SMARTS) is 1. The molecule has 0 aliphatic rings. The molecule has 0 atom stereocenters. The van der Waals surface area contributed by atoms with Crippen LogP contribution in [0.15, 0.2) is 4.63 Å². The molecule has 0 aliphatic carbocycles. The van der Waals surface area contributed by atoms with Gasteiger partial charge in [0.15, 0.2) is 5.69 Å². The molecule has 0 fully saturated rings. The highest BCUT2D eigenvalue weighted by atomic mass is 16.6. The van der Waals surface area contributed by atoms with E-state index in [0.717, 1.165) is 0 Å². The first-order chi connectivity index (χ1) is 9.13. The van der Waals surface area contributed by atoms with Crippen molar-refractivity contribution in [3.63, 3.8) is 0 Å². The van der Waals surface area contributed by atoms with Crippen LogP contribution in [-0.2, 0) is 17.7 Å². The highest BCUT2D eigenvalue weighted by molar-refractivity contribution is 5.86. The molecule has 2 rings (SSSR count). The van der Waals surface area contributed by atoms with Gasteiger partial charge in [-0.25, -0.2) is 14.1 Å². The smallest absolute Gasteiger partial charge is 0.358 e. The third kappa shape index (κ3) is 2.76. The van der Waals surface area contributed by atoms with E-state index in [9.17, 15) is 4.79 Å². The molecule has 0 aromatic carbocycles. The number of aromatic nitrogens is 5. The van der Waals surface area contributed by atoms with Gasteiger partial charge in [0.05, 0.1) is 18.8 Å². The number of hydrogen-bond acceptors (Lipinski definition) is 7. The summed E-state index contributed by atoms with van der Waals surface area (Å²) >= 11 is 0. The molecule has 9 heteroatoms. The number of aromatic carboxylic acids is 1. The zero-order chi connectivity index (χ0) is 13.8. The highest BCUT2D eigenvalue weighted by Crippen LogP contribution is 2.10. The Hall–Kier alpha value is -2.29. The lowest BCUT2D eigenvalue weighted by Gasteiger charge is -2.04. The Bertz CT molecular complexity index is 576. The summed E-state index contributed by atoms with van der Waals surface area (Å²) in [5, 5.41) is 23.9. The fraction of sp³-hybridized carbons (Fsp3) is 0.500. The summed E-state index contributed by atoms with van der Waals surface area (Å²) < 4.78 is 11.0. The molecule has 2 aromatic heterocycles. The summed E-state index contributed by atoms with van der Waals surface area (Å²) in [5.74, 6) is -1.12. The maximum Gasteiger partial charge on any atom is 0.358 e. The van der Waals surface area contributed by atoms with Crippen LogP contribution in [0.4, 0.5) is 0 Å². The normalized spacial score (nSPS) is 10.8. The number of aryl methyl sites for hydroxylation is 1. The number of hydrogen-bond donors (Lipinski definition) is 1. The summed E-state index contributed by atoms with van der Waals surface area (Å²) in [7, 11) is 1.54. The van der Waals surface area contributed by atoms with Crippen molar-refractivity contribution in [3.8, 4) is 0 Å². The predicted molar refractivity (Wildman–Crippen MR) is 60.7 cm³/mol. The number of methoxy groups -OCH3 is 1. The van der Waals surface area contributed by atoms with Gasteiger partial charge >= 0.3 is 5.97 Å². The third-order valence-corrected chi connectivity index (χ3v) is 2.63. The number of nitrogens with zero attached hydrogens (tertiary/aromatic N) is 5. The van der Waals surface area contributed by atoms with E-state index in [1.54, 1.807) is 14.0 Å². The fourth-order valence-electron chi connectivity index (χ4n) is 1.61. The van der Waals surface area contributed by atoms with Crippen molar-refractivity contribution in [2.24, 2.45) is 0 Å². The van der Waals surface area contributed by atoms with E-state index in [1.807, 2.05) is 0 Å². The molecule has 19 heavy (non-hydrogen) atoms. The maximum absolute atomic E-state index is 11.1. The van der Waals surface area contributed by atoms with Crippen molar-refractivity contribution in [3.05, 3.63) is 22.8 Å². The zero-order valence-electron chi connectivity index (χ0n) is 10.5. The van der Waals surface area contributed by atoms with E-state index in [0.29, 0.717) is 30.1 Å². The van der Waals surface area contributed by atoms with Gasteiger partial charge in [-0.15, -0.1) is 5.10 Å². The first-order valence-electron chi connectivity index (χ1n) is 5.56. The number of carboxylic acids is 1. The van der Waals surface area contributed by atoms with Crippen LogP contribution in [0.2, 0.25) is 0 Å². The topological polar surface area (TPSA) is 116 Å². The van der Waals surface area contributed by atoms with Gasteiger partial charge < -0.3 is 9.84 Å². The van der Waals surface area contributed by atoms with E-state index in [4.69, 9.17) is 9.84 Å². The molecule has 0 saturated carbocycles. The van der Waals surface area contributed by atoms with Crippen molar-refractivity contribution in [2.45, 2.75) is 19.9 Å². The number of ether oxygens (including phenoxy) is 1. The summed E-state index contributed by atoms with van der Waals surface area (Å²) in [6.45, 7) is 2.38. The SMILES string of the molecule is COCCc1c(C(=O)O)nnn1Cc1nonc1C. The molecule has 0 radical (unpaired) electrons. The molecular weight excluding hydrogens is 254 g/mol. The Labute approximate surface area is 108 Å². The third-order valence-electron chi connectivity index (χ3n) is 2.63. The Balaban J connectivity index is 2.29. The summed E-state index contributed by atoms with van der Waals surface area (Å²) in [5.41, 5.74) is 1.62. The van der Waals surface area contributed by atoms with E-state index in [1.165, 1.54) is 4.68 Å². The van der Waals surface area contributed by atoms with E-state index < -0.39 is 5.97 Å². The van der Waals surface area contributed by atoms with Crippen LogP contribution >= 0.6 is 0 Å². The summed E-state index contributed by atoms with van der Waals surface area (Å²) in [6, 6.07) is 0.